The van der Waals surface area contributed by atoms with E-state index in [9.17, 15) is 0 Å². The number of aryl methyl sites for hydroxylation is 5. The Morgan fingerprint density at radius 1 is 0.933 bits per heavy atom. The van der Waals surface area contributed by atoms with E-state index in [0.29, 0.717) is 17.9 Å². The van der Waals surface area contributed by atoms with Crippen LogP contribution >= 0.6 is 0 Å². The fraction of sp³-hybridized carbons (Fsp3) is 0.652. The summed E-state index contributed by atoms with van der Waals surface area (Å²) in [6.45, 7) is 20.1. The molecule has 30 heavy (non-hydrogen) atoms. The van der Waals surface area contributed by atoms with Crippen LogP contribution in [0.15, 0.2) is 4.52 Å². The molecule has 0 aliphatic heterocycles. The van der Waals surface area contributed by atoms with E-state index in [1.807, 2.05) is 6.92 Å². The SMILES string of the molecule is Cc1onc(CCc2n[nH]c(C[n+]3c(C)nc(C)n3C(C)C)c2C(C)C)c1C(C)C. The normalized spacial score (nSPS) is 12.1. The van der Waals surface area contributed by atoms with Gasteiger partial charge in [-0.1, -0.05) is 32.9 Å². The van der Waals surface area contributed by atoms with Crippen molar-refractivity contribution in [2.75, 3.05) is 0 Å². The van der Waals surface area contributed by atoms with Crippen LogP contribution in [0.4, 0.5) is 0 Å². The summed E-state index contributed by atoms with van der Waals surface area (Å²) >= 11 is 0. The largest absolute Gasteiger partial charge is 0.361 e. The fourth-order valence-electron chi connectivity index (χ4n) is 4.67. The van der Waals surface area contributed by atoms with E-state index in [0.717, 1.165) is 53.9 Å². The predicted octanol–water partition coefficient (Wildman–Crippen LogP) is 4.47. The summed E-state index contributed by atoms with van der Waals surface area (Å²) in [4.78, 5) is 4.69. The summed E-state index contributed by atoms with van der Waals surface area (Å²) in [5.74, 6) is 3.78. The molecule has 3 heterocycles. The lowest BCUT2D eigenvalue weighted by Crippen LogP contribution is -2.47. The Labute approximate surface area is 179 Å². The van der Waals surface area contributed by atoms with Crippen LogP contribution in [-0.2, 0) is 19.4 Å². The van der Waals surface area contributed by atoms with Crippen LogP contribution in [0.2, 0.25) is 0 Å². The van der Waals surface area contributed by atoms with E-state index >= 15 is 0 Å². The van der Waals surface area contributed by atoms with Crippen molar-refractivity contribution in [3.05, 3.63) is 45.6 Å². The molecule has 3 aromatic heterocycles. The third-order valence-corrected chi connectivity index (χ3v) is 5.78. The van der Waals surface area contributed by atoms with Gasteiger partial charge in [0.25, 0.3) is 5.82 Å². The lowest BCUT2D eigenvalue weighted by molar-refractivity contribution is -0.777. The number of hydrogen-bond acceptors (Lipinski definition) is 4. The predicted molar refractivity (Wildman–Crippen MR) is 117 cm³/mol. The van der Waals surface area contributed by atoms with Crippen molar-refractivity contribution in [3.8, 4) is 0 Å². The maximum Gasteiger partial charge on any atom is 0.316 e. The van der Waals surface area contributed by atoms with Crippen LogP contribution in [0.5, 0.6) is 0 Å². The van der Waals surface area contributed by atoms with Crippen LogP contribution < -0.4 is 4.68 Å². The monoisotopic (exact) mass is 413 g/mol. The molecule has 0 aliphatic carbocycles. The van der Waals surface area contributed by atoms with Crippen molar-refractivity contribution in [2.24, 2.45) is 0 Å². The second-order valence-corrected chi connectivity index (χ2v) is 9.17. The van der Waals surface area contributed by atoms with Gasteiger partial charge >= 0.3 is 5.82 Å². The van der Waals surface area contributed by atoms with Gasteiger partial charge in [0.15, 0.2) is 6.54 Å². The summed E-state index contributed by atoms with van der Waals surface area (Å²) in [5.41, 5.74) is 5.89. The van der Waals surface area contributed by atoms with Crippen LogP contribution in [0, 0.1) is 20.8 Å². The summed E-state index contributed by atoms with van der Waals surface area (Å²) in [7, 11) is 0. The minimum atomic E-state index is 0.348. The van der Waals surface area contributed by atoms with Gasteiger partial charge in [-0.05, 0) is 50.4 Å². The summed E-state index contributed by atoms with van der Waals surface area (Å²) in [5, 5.41) is 12.4. The Bertz CT molecular complexity index is 1010. The van der Waals surface area contributed by atoms with Gasteiger partial charge in [-0.15, -0.1) is 4.68 Å². The Morgan fingerprint density at radius 2 is 1.57 bits per heavy atom. The zero-order valence-corrected chi connectivity index (χ0v) is 20.0. The van der Waals surface area contributed by atoms with Gasteiger partial charge in [0.1, 0.15) is 5.76 Å². The second-order valence-electron chi connectivity index (χ2n) is 9.17. The topological polar surface area (TPSA) is 76.4 Å². The molecule has 3 rings (SSSR count). The van der Waals surface area contributed by atoms with Gasteiger partial charge in [0, 0.05) is 25.0 Å². The van der Waals surface area contributed by atoms with Crippen molar-refractivity contribution < 1.29 is 9.20 Å². The number of H-pyrrole nitrogens is 1. The molecule has 0 unspecified atom stereocenters. The minimum Gasteiger partial charge on any atom is -0.361 e. The van der Waals surface area contributed by atoms with E-state index in [4.69, 9.17) is 9.62 Å². The molecule has 0 bridgehead atoms. The number of aromatic nitrogens is 6. The third kappa shape index (κ3) is 4.20. The molecular weight excluding hydrogens is 376 g/mol. The number of nitrogens with zero attached hydrogens (tertiary/aromatic N) is 5. The first-order valence-electron chi connectivity index (χ1n) is 11.1. The molecule has 7 nitrogen and oxygen atoms in total. The first kappa shape index (κ1) is 22.2. The number of rotatable bonds is 8. The minimum absolute atomic E-state index is 0.348. The summed E-state index contributed by atoms with van der Waals surface area (Å²) in [6, 6.07) is 0.348. The van der Waals surface area contributed by atoms with Crippen molar-refractivity contribution in [3.63, 3.8) is 0 Å². The van der Waals surface area contributed by atoms with Gasteiger partial charge in [-0.25, -0.2) is 0 Å². The Hall–Kier alpha value is -2.44. The molecule has 0 amide bonds. The Morgan fingerprint density at radius 3 is 2.17 bits per heavy atom. The van der Waals surface area contributed by atoms with Crippen LogP contribution in [0.3, 0.4) is 0 Å². The lowest BCUT2D eigenvalue weighted by Gasteiger charge is -2.12. The van der Waals surface area contributed by atoms with E-state index in [1.165, 1.54) is 11.1 Å². The number of aromatic amines is 1. The molecule has 0 saturated carbocycles. The van der Waals surface area contributed by atoms with Crippen molar-refractivity contribution in [1.82, 2.24) is 25.0 Å². The molecular formula is C23H37N6O+. The number of hydrogen-bond donors (Lipinski definition) is 1. The summed E-state index contributed by atoms with van der Waals surface area (Å²) in [6.07, 6.45) is 1.69. The molecule has 0 aromatic carbocycles. The highest BCUT2D eigenvalue weighted by atomic mass is 16.5. The van der Waals surface area contributed by atoms with Gasteiger partial charge in [-0.3, -0.25) is 5.10 Å². The molecule has 0 saturated heterocycles. The molecule has 7 heteroatoms. The molecule has 164 valence electrons. The quantitative estimate of drug-likeness (QED) is 0.553. The highest BCUT2D eigenvalue weighted by Gasteiger charge is 2.26. The third-order valence-electron chi connectivity index (χ3n) is 5.78. The van der Waals surface area contributed by atoms with Crippen molar-refractivity contribution in [1.29, 1.82) is 0 Å². The highest BCUT2D eigenvalue weighted by molar-refractivity contribution is 5.31. The first-order valence-corrected chi connectivity index (χ1v) is 11.1. The lowest BCUT2D eigenvalue weighted by atomic mass is 9.95. The fourth-order valence-corrected chi connectivity index (χ4v) is 4.67. The van der Waals surface area contributed by atoms with E-state index in [2.05, 4.69) is 80.0 Å². The first-order chi connectivity index (χ1) is 14.1. The van der Waals surface area contributed by atoms with Gasteiger partial charge < -0.3 is 4.52 Å². The molecule has 0 spiro atoms. The van der Waals surface area contributed by atoms with E-state index in [-0.39, 0.29) is 0 Å². The molecule has 3 aromatic rings. The average Bonchev–Trinajstić information content (AvgIpc) is 3.29. The maximum absolute atomic E-state index is 5.47. The number of nitrogens with one attached hydrogen (secondary N) is 1. The van der Waals surface area contributed by atoms with Gasteiger partial charge in [0.2, 0.25) is 0 Å². The van der Waals surface area contributed by atoms with Crippen LogP contribution in [0.25, 0.3) is 0 Å². The standard InChI is InChI=1S/C23H37N6O/c1-13(2)22-16(7)30-27-20(22)11-10-19-23(14(3)4)21(26-25-19)12-28-17(8)24-18(9)29(28)15(5)6/h13-15H,10-12H2,1-9H3,(H,25,26)/q+1. The zero-order valence-electron chi connectivity index (χ0n) is 20.0. The van der Waals surface area contributed by atoms with Gasteiger partial charge in [-0.2, -0.15) is 9.78 Å². The van der Waals surface area contributed by atoms with Crippen LogP contribution in [-0.4, -0.2) is 25.0 Å². The summed E-state index contributed by atoms with van der Waals surface area (Å²) < 4.78 is 9.98. The second kappa shape index (κ2) is 8.74. The van der Waals surface area contributed by atoms with E-state index < -0.39 is 0 Å². The average molecular weight is 414 g/mol. The van der Waals surface area contributed by atoms with Gasteiger partial charge in [0.05, 0.1) is 23.1 Å². The Balaban J connectivity index is 1.89. The van der Waals surface area contributed by atoms with Crippen LogP contribution in [0.1, 0.15) is 105 Å². The molecule has 0 fully saturated rings. The molecule has 0 aliphatic rings. The Kier molecular flexibility index (Phi) is 6.48. The van der Waals surface area contributed by atoms with Crippen molar-refractivity contribution in [2.45, 2.75) is 99.6 Å². The smallest absolute Gasteiger partial charge is 0.316 e. The molecule has 0 atom stereocenters. The highest BCUT2D eigenvalue weighted by Crippen LogP contribution is 2.27. The molecule has 1 N–H and O–H groups in total. The molecule has 0 radical (unpaired) electrons. The zero-order chi connectivity index (χ0) is 22.2. The maximum atomic E-state index is 5.47. The van der Waals surface area contributed by atoms with E-state index in [1.54, 1.807) is 0 Å². The van der Waals surface area contributed by atoms with Crippen molar-refractivity contribution >= 4 is 0 Å².